The Labute approximate surface area is 463 Å². The van der Waals surface area contributed by atoms with Gasteiger partial charge in [0.25, 0.3) is 0 Å². The summed E-state index contributed by atoms with van der Waals surface area (Å²) in [7, 11) is -30.2. The summed E-state index contributed by atoms with van der Waals surface area (Å²) in [6, 6.07) is 3.99. The van der Waals surface area contributed by atoms with Crippen LogP contribution in [0, 0.1) is 0 Å². The monoisotopic (exact) mass is 1100 g/mol. The average Bonchev–Trinajstić information content (AvgIpc) is 3.10. The van der Waals surface area contributed by atoms with Crippen LogP contribution in [0.25, 0.3) is 22.6 Å². The molecule has 2 aromatic carbocycles. The molecule has 2 heterocycles. The largest absolute Gasteiger partial charge is 1.00 e. The molecule has 0 fully saturated rings. The second-order valence-corrected chi connectivity index (χ2v) is 20.6. The summed E-state index contributed by atoms with van der Waals surface area (Å²) in [5.74, 6) is -3.15. The van der Waals surface area contributed by atoms with E-state index in [4.69, 9.17) is 32.4 Å². The predicted octanol–water partition coefficient (Wildman–Crippen LogP) is -12.1. The maximum atomic E-state index is 13.5. The van der Waals surface area contributed by atoms with Crippen molar-refractivity contribution in [2.75, 3.05) is 61.7 Å². The van der Waals surface area contributed by atoms with Crippen molar-refractivity contribution in [3.63, 3.8) is 0 Å². The van der Waals surface area contributed by atoms with Crippen LogP contribution in [0.2, 0.25) is 10.0 Å². The number of ether oxygens (including phenoxy) is 1. The molecule has 0 aromatic heterocycles. The third kappa shape index (κ3) is 17.4. The molecule has 3 aliphatic rings. The van der Waals surface area contributed by atoms with E-state index in [1.54, 1.807) is 0 Å². The van der Waals surface area contributed by atoms with Crippen LogP contribution in [0.3, 0.4) is 0 Å². The topological polar surface area (TPSA) is 406 Å². The number of halogens is 2. The number of fused-ring (bicyclic) bond motifs is 4. The van der Waals surface area contributed by atoms with Gasteiger partial charge in [-0.25, -0.2) is 55.5 Å². The van der Waals surface area contributed by atoms with Gasteiger partial charge in [-0.3, -0.25) is 21.7 Å². The van der Waals surface area contributed by atoms with Gasteiger partial charge < -0.3 is 38.0 Å². The van der Waals surface area contributed by atoms with E-state index in [9.17, 15) is 68.7 Å². The van der Waals surface area contributed by atoms with E-state index < -0.39 is 137 Å². The Hall–Kier alpha value is 0.420. The van der Waals surface area contributed by atoms with Gasteiger partial charge in [0.05, 0.1) is 59.6 Å². The van der Waals surface area contributed by atoms with Crippen molar-refractivity contribution in [2.24, 2.45) is 4.99 Å². The van der Waals surface area contributed by atoms with E-state index in [2.05, 4.69) is 37.3 Å². The van der Waals surface area contributed by atoms with Crippen LogP contribution in [0.1, 0.15) is 0 Å². The number of rotatable bonds is 19. The first-order valence-corrected chi connectivity index (χ1v) is 25.0. The van der Waals surface area contributed by atoms with Gasteiger partial charge in [0.2, 0.25) is 41.6 Å². The van der Waals surface area contributed by atoms with Gasteiger partial charge in [0.15, 0.2) is 42.5 Å². The third-order valence-electron chi connectivity index (χ3n) is 7.37. The van der Waals surface area contributed by atoms with Gasteiger partial charge in [-0.1, -0.05) is 23.2 Å². The standard InChI is InChI=1S/C26H26Cl2N4O22S6.4Na/c27-20-23-25(53-16-11-15(30-2-4-50-58(40,41)42)18(12-14(16)31-23)55(33,34)7-5-51-59(43,44)45)21(28)24-26(20)54-17-9-13(29-1-3-49-57(37,38)39)10-19(22(17)32-24)56(35,36)8-6-52-60(46,47)48;;;;/h9-12,29,32H,1-8H2,(H,37,38,39)(H,40,41,42)(H,43,44,45)(H,46,47,48);;;;/q;4*+1/p-4. The van der Waals surface area contributed by atoms with Crippen LogP contribution >= 0.6 is 23.2 Å². The van der Waals surface area contributed by atoms with Gasteiger partial charge in [-0.15, -0.1) is 0 Å². The predicted molar refractivity (Wildman–Crippen MR) is 196 cm³/mol. The molecule has 2 aliphatic heterocycles. The minimum Gasteiger partial charge on any atom is -0.726 e. The quantitative estimate of drug-likeness (QED) is 0.0255. The SMILES string of the molecule is O=S(=O)([O-])OCCN=c1cc2oc3c(Cl)c4c(c(Cl)c3nc-2cc1S(=O)(=O)CCOS(=O)(=O)[O-])Oc1cc(NCCOS(=O)(=O)[O-])cc(S(=O)(=O)CCOS(=O)(=O)[O-])c1N4.[Na+].[Na+].[Na+].[Na+]. The first-order chi connectivity index (χ1) is 27.5. The normalized spacial score (nSPS) is 13.2. The number of hydrogen-bond acceptors (Lipinski definition) is 26. The van der Waals surface area contributed by atoms with E-state index in [0.29, 0.717) is 0 Å². The van der Waals surface area contributed by atoms with Gasteiger partial charge in [-0.2, -0.15) is 0 Å². The summed E-state index contributed by atoms with van der Waals surface area (Å²) in [6.07, 6.45) is 0. The Balaban J connectivity index is 0.00000512. The van der Waals surface area contributed by atoms with Crippen LogP contribution in [0.5, 0.6) is 11.5 Å². The zero-order valence-corrected chi connectivity index (χ0v) is 47.5. The Morgan fingerprint density at radius 3 is 1.72 bits per heavy atom. The summed E-state index contributed by atoms with van der Waals surface area (Å²) < 4.78 is 212. The van der Waals surface area contributed by atoms with Gasteiger partial charge >= 0.3 is 118 Å². The molecular weight excluding hydrogens is 1080 g/mol. The molecule has 5 rings (SSSR count). The van der Waals surface area contributed by atoms with Gasteiger partial charge in [0.1, 0.15) is 32.6 Å². The van der Waals surface area contributed by atoms with Crippen molar-refractivity contribution in [3.8, 4) is 23.0 Å². The third-order valence-corrected chi connectivity index (χ3v) is 13.3. The van der Waals surface area contributed by atoms with Crippen molar-refractivity contribution in [1.82, 2.24) is 4.98 Å². The maximum absolute atomic E-state index is 13.5. The zero-order chi connectivity index (χ0) is 44.6. The summed E-state index contributed by atoms with van der Waals surface area (Å²) in [5, 5.41) is 4.07. The minimum absolute atomic E-state index is 0. The van der Waals surface area contributed by atoms with Crippen molar-refractivity contribution >= 4 is 113 Å². The first-order valence-electron chi connectivity index (χ1n) is 15.6. The van der Waals surface area contributed by atoms with Gasteiger partial charge in [-0.05, 0) is 12.1 Å². The zero-order valence-electron chi connectivity index (χ0n) is 33.0. The maximum Gasteiger partial charge on any atom is 1.00 e. The number of sulfone groups is 2. The van der Waals surface area contributed by atoms with E-state index in [1.165, 1.54) is 6.07 Å². The van der Waals surface area contributed by atoms with E-state index in [0.717, 1.165) is 18.2 Å². The van der Waals surface area contributed by atoms with Crippen LogP contribution in [-0.4, -0.2) is 125 Å². The fraction of sp³-hybridized carbons (Fsp3) is 0.308. The second kappa shape index (κ2) is 24.5. The first kappa shape index (κ1) is 62.4. The fourth-order valence-corrected chi connectivity index (χ4v) is 9.50. The summed E-state index contributed by atoms with van der Waals surface area (Å²) in [4.78, 5) is 6.94. The fourth-order valence-electron chi connectivity index (χ4n) is 5.08. The summed E-state index contributed by atoms with van der Waals surface area (Å²) in [5.41, 5.74) is -1.68. The molecule has 0 spiro atoms. The molecule has 38 heteroatoms. The van der Waals surface area contributed by atoms with Crippen LogP contribution in [-0.2, 0) is 78.0 Å². The molecule has 64 heavy (non-hydrogen) atoms. The molecule has 0 saturated heterocycles. The summed E-state index contributed by atoms with van der Waals surface area (Å²) in [6.45, 7) is -4.86. The number of benzene rings is 3. The smallest absolute Gasteiger partial charge is 0.726 e. The summed E-state index contributed by atoms with van der Waals surface area (Å²) >= 11 is 13.4. The molecule has 0 atom stereocenters. The molecule has 0 amide bonds. The molecule has 0 saturated carbocycles. The van der Waals surface area contributed by atoms with E-state index in [-0.39, 0.29) is 169 Å². The molecular formula is C26H22Cl2N4Na4O22S6. The number of hydrogen-bond donors (Lipinski definition) is 2. The number of anilines is 3. The second-order valence-electron chi connectivity index (χ2n) is 11.5. The number of aromatic nitrogens is 1. The number of nitrogens with one attached hydrogen (secondary N) is 2. The molecule has 2 aromatic rings. The Kier molecular flexibility index (Phi) is 23.9. The Bertz CT molecular complexity index is 3110. The molecule has 0 radical (unpaired) electrons. The van der Waals surface area contributed by atoms with Crippen LogP contribution in [0.4, 0.5) is 17.1 Å². The van der Waals surface area contributed by atoms with Gasteiger partial charge in [0, 0.05) is 24.4 Å². The molecule has 0 bridgehead atoms. The molecule has 1 aliphatic carbocycles. The van der Waals surface area contributed by atoms with Crippen LogP contribution < -0.4 is 139 Å². The van der Waals surface area contributed by atoms with Crippen molar-refractivity contribution in [1.29, 1.82) is 0 Å². The van der Waals surface area contributed by atoms with Crippen molar-refractivity contribution in [2.45, 2.75) is 9.79 Å². The molecule has 2 N–H and O–H groups in total. The van der Waals surface area contributed by atoms with E-state index in [1.807, 2.05) is 0 Å². The Morgan fingerprint density at radius 2 is 1.17 bits per heavy atom. The van der Waals surface area contributed by atoms with E-state index >= 15 is 0 Å². The molecule has 0 unspecified atom stereocenters. The number of nitrogens with zero attached hydrogens (tertiary/aromatic N) is 2. The average molecular weight is 1100 g/mol. The minimum atomic E-state index is -5.32. The van der Waals surface area contributed by atoms with Crippen molar-refractivity contribution < 1.29 is 213 Å². The van der Waals surface area contributed by atoms with Crippen LogP contribution in [0.15, 0.2) is 43.5 Å². The van der Waals surface area contributed by atoms with Crippen molar-refractivity contribution in [3.05, 3.63) is 39.7 Å². The Morgan fingerprint density at radius 1 is 0.656 bits per heavy atom. The molecule has 332 valence electrons. The molecule has 26 nitrogen and oxygen atoms in total.